The van der Waals surface area contributed by atoms with Crippen molar-refractivity contribution in [3.63, 3.8) is 0 Å². The second-order valence-electron chi connectivity index (χ2n) is 7.07. The Bertz CT molecular complexity index is 934. The molecular weight excluding hydrogens is 346 g/mol. The summed E-state index contributed by atoms with van der Waals surface area (Å²) in [6, 6.07) is 9.71. The van der Waals surface area contributed by atoms with Crippen LogP contribution in [0.1, 0.15) is 48.0 Å². The van der Waals surface area contributed by atoms with Crippen molar-refractivity contribution >= 4 is 33.2 Å². The molecule has 3 aromatic rings. The average molecular weight is 369 g/mol. The molecule has 1 fully saturated rings. The zero-order chi connectivity index (χ0) is 18.3. The van der Waals surface area contributed by atoms with Crippen LogP contribution >= 0.6 is 11.3 Å². The number of hydrogen-bond donors (Lipinski definition) is 0. The first-order valence-electron chi connectivity index (χ1n) is 9.06. The van der Waals surface area contributed by atoms with Gasteiger partial charge in [-0.3, -0.25) is 4.68 Å². The van der Waals surface area contributed by atoms with E-state index in [9.17, 15) is 4.79 Å². The van der Waals surface area contributed by atoms with E-state index in [2.05, 4.69) is 23.8 Å². The molecule has 1 saturated heterocycles. The zero-order valence-electron chi connectivity index (χ0n) is 15.4. The molecule has 4 rings (SSSR count). The van der Waals surface area contributed by atoms with Crippen molar-refractivity contribution in [2.24, 2.45) is 7.05 Å². The Balaban J connectivity index is 1.52. The molecule has 0 N–H and O–H groups in total. The SMILES string of the molecule is CC(C)c1nn(C)c2sc(C(=O)Oc3ccc(N4CCCC4)cc3)cc12. The van der Waals surface area contributed by atoms with Gasteiger partial charge in [0.1, 0.15) is 15.5 Å². The summed E-state index contributed by atoms with van der Waals surface area (Å²) in [5.41, 5.74) is 2.21. The second-order valence-corrected chi connectivity index (χ2v) is 8.10. The summed E-state index contributed by atoms with van der Waals surface area (Å²) >= 11 is 1.43. The average Bonchev–Trinajstić information content (AvgIpc) is 3.33. The summed E-state index contributed by atoms with van der Waals surface area (Å²) in [6.07, 6.45) is 2.49. The summed E-state index contributed by atoms with van der Waals surface area (Å²) in [7, 11) is 1.91. The molecule has 6 heteroatoms. The van der Waals surface area contributed by atoms with Gasteiger partial charge in [-0.05, 0) is 49.1 Å². The van der Waals surface area contributed by atoms with Crippen molar-refractivity contribution in [1.82, 2.24) is 9.78 Å². The lowest BCUT2D eigenvalue weighted by molar-refractivity contribution is 0.0740. The number of fused-ring (bicyclic) bond motifs is 1. The summed E-state index contributed by atoms with van der Waals surface area (Å²) in [6.45, 7) is 6.43. The van der Waals surface area contributed by atoms with Crippen LogP contribution in [-0.4, -0.2) is 28.8 Å². The fourth-order valence-corrected chi connectivity index (χ4v) is 4.41. The van der Waals surface area contributed by atoms with E-state index in [1.807, 2.05) is 42.1 Å². The van der Waals surface area contributed by atoms with Gasteiger partial charge in [0.15, 0.2) is 0 Å². The predicted octanol–water partition coefficient (Wildman–Crippen LogP) is 4.58. The van der Waals surface area contributed by atoms with Crippen LogP contribution in [0.15, 0.2) is 30.3 Å². The third-order valence-corrected chi connectivity index (χ3v) is 5.99. The lowest BCUT2D eigenvalue weighted by Crippen LogP contribution is -2.17. The van der Waals surface area contributed by atoms with Crippen molar-refractivity contribution in [3.05, 3.63) is 40.9 Å². The van der Waals surface area contributed by atoms with Crippen LogP contribution in [0, 0.1) is 0 Å². The van der Waals surface area contributed by atoms with Gasteiger partial charge in [-0.1, -0.05) is 13.8 Å². The lowest BCUT2D eigenvalue weighted by Gasteiger charge is -2.17. The number of aromatic nitrogens is 2. The fourth-order valence-electron chi connectivity index (χ4n) is 3.45. The minimum absolute atomic E-state index is 0.310. The molecule has 0 unspecified atom stereocenters. The van der Waals surface area contributed by atoms with E-state index in [0.29, 0.717) is 16.5 Å². The molecule has 3 heterocycles. The van der Waals surface area contributed by atoms with E-state index in [1.165, 1.54) is 29.9 Å². The molecule has 2 aromatic heterocycles. The topological polar surface area (TPSA) is 47.4 Å². The molecule has 1 aliphatic heterocycles. The van der Waals surface area contributed by atoms with Gasteiger partial charge in [0.25, 0.3) is 0 Å². The van der Waals surface area contributed by atoms with Crippen LogP contribution in [0.25, 0.3) is 10.2 Å². The number of carbonyl (C=O) groups excluding carboxylic acids is 1. The Morgan fingerprint density at radius 1 is 1.19 bits per heavy atom. The van der Waals surface area contributed by atoms with Crippen LogP contribution < -0.4 is 9.64 Å². The Hall–Kier alpha value is -2.34. The van der Waals surface area contributed by atoms with Gasteiger partial charge in [-0.2, -0.15) is 5.10 Å². The van der Waals surface area contributed by atoms with Gasteiger partial charge in [-0.25, -0.2) is 4.79 Å². The third kappa shape index (κ3) is 3.09. The van der Waals surface area contributed by atoms with Gasteiger partial charge >= 0.3 is 5.97 Å². The van der Waals surface area contributed by atoms with E-state index in [1.54, 1.807) is 0 Å². The number of aryl methyl sites for hydroxylation is 1. The molecular formula is C20H23N3O2S. The summed E-state index contributed by atoms with van der Waals surface area (Å²) in [4.78, 5) is 16.5. The summed E-state index contributed by atoms with van der Waals surface area (Å²) in [5.74, 6) is 0.586. The van der Waals surface area contributed by atoms with Crippen molar-refractivity contribution in [3.8, 4) is 5.75 Å². The van der Waals surface area contributed by atoms with Gasteiger partial charge in [-0.15, -0.1) is 11.3 Å². The first-order valence-corrected chi connectivity index (χ1v) is 9.88. The van der Waals surface area contributed by atoms with E-state index in [0.717, 1.165) is 29.0 Å². The maximum atomic E-state index is 12.6. The third-order valence-electron chi connectivity index (χ3n) is 4.81. The number of ether oxygens (including phenoxy) is 1. The molecule has 1 aliphatic rings. The predicted molar refractivity (Wildman–Crippen MR) is 106 cm³/mol. The number of benzene rings is 1. The molecule has 0 atom stereocenters. The zero-order valence-corrected chi connectivity index (χ0v) is 16.2. The number of esters is 1. The Morgan fingerprint density at radius 3 is 2.54 bits per heavy atom. The summed E-state index contributed by atoms with van der Waals surface area (Å²) in [5, 5.41) is 5.60. The number of thiophene rings is 1. The number of anilines is 1. The molecule has 136 valence electrons. The van der Waals surface area contributed by atoms with Crippen LogP contribution in [0.2, 0.25) is 0 Å². The fraction of sp³-hybridized carbons (Fsp3) is 0.400. The highest BCUT2D eigenvalue weighted by atomic mass is 32.1. The quantitative estimate of drug-likeness (QED) is 0.499. The minimum atomic E-state index is -0.310. The molecule has 26 heavy (non-hydrogen) atoms. The molecule has 0 spiro atoms. The Labute approximate surface area is 157 Å². The van der Waals surface area contributed by atoms with Crippen LogP contribution in [0.5, 0.6) is 5.75 Å². The van der Waals surface area contributed by atoms with Gasteiger partial charge in [0.05, 0.1) is 5.69 Å². The normalized spacial score (nSPS) is 14.5. The monoisotopic (exact) mass is 369 g/mol. The van der Waals surface area contributed by atoms with Gasteiger partial charge in [0, 0.05) is 31.2 Å². The van der Waals surface area contributed by atoms with Gasteiger partial charge in [0.2, 0.25) is 0 Å². The first-order chi connectivity index (χ1) is 12.5. The number of nitrogens with zero attached hydrogens (tertiary/aromatic N) is 3. The standard InChI is InChI=1S/C20H23N3O2S/c1-13(2)18-16-12-17(26-19(16)22(3)21-18)20(24)25-15-8-6-14(7-9-15)23-10-4-5-11-23/h6-9,12-13H,4-5,10-11H2,1-3H3. The number of rotatable bonds is 4. The van der Waals surface area contributed by atoms with Crippen molar-refractivity contribution in [2.75, 3.05) is 18.0 Å². The number of carbonyl (C=O) groups is 1. The highest BCUT2D eigenvalue weighted by molar-refractivity contribution is 7.20. The molecule has 0 radical (unpaired) electrons. The maximum Gasteiger partial charge on any atom is 0.353 e. The molecule has 0 amide bonds. The Morgan fingerprint density at radius 2 is 1.88 bits per heavy atom. The van der Waals surface area contributed by atoms with Gasteiger partial charge < -0.3 is 9.64 Å². The van der Waals surface area contributed by atoms with E-state index >= 15 is 0 Å². The van der Waals surface area contributed by atoms with Crippen LogP contribution in [0.3, 0.4) is 0 Å². The number of hydrogen-bond acceptors (Lipinski definition) is 5. The minimum Gasteiger partial charge on any atom is -0.422 e. The molecule has 5 nitrogen and oxygen atoms in total. The van der Waals surface area contributed by atoms with E-state index in [4.69, 9.17) is 4.74 Å². The maximum absolute atomic E-state index is 12.6. The second kappa shape index (κ2) is 6.76. The molecule has 0 saturated carbocycles. The van der Waals surface area contributed by atoms with E-state index in [-0.39, 0.29) is 5.97 Å². The highest BCUT2D eigenvalue weighted by Crippen LogP contribution is 2.32. The van der Waals surface area contributed by atoms with Crippen LogP contribution in [-0.2, 0) is 7.05 Å². The smallest absolute Gasteiger partial charge is 0.353 e. The lowest BCUT2D eigenvalue weighted by atomic mass is 10.1. The largest absolute Gasteiger partial charge is 0.422 e. The van der Waals surface area contributed by atoms with Crippen LogP contribution in [0.4, 0.5) is 5.69 Å². The first kappa shape index (κ1) is 17.1. The summed E-state index contributed by atoms with van der Waals surface area (Å²) < 4.78 is 7.42. The molecule has 0 aliphatic carbocycles. The Kier molecular flexibility index (Phi) is 4.44. The van der Waals surface area contributed by atoms with E-state index < -0.39 is 0 Å². The molecule has 1 aromatic carbocycles. The van der Waals surface area contributed by atoms with Crippen molar-refractivity contribution in [2.45, 2.75) is 32.6 Å². The van der Waals surface area contributed by atoms with Crippen molar-refractivity contribution in [1.29, 1.82) is 0 Å². The highest BCUT2D eigenvalue weighted by Gasteiger charge is 2.20. The van der Waals surface area contributed by atoms with Crippen molar-refractivity contribution < 1.29 is 9.53 Å². The molecule has 0 bridgehead atoms.